The first-order valence-corrected chi connectivity index (χ1v) is 8.63. The maximum atomic E-state index is 12.8. The summed E-state index contributed by atoms with van der Waals surface area (Å²) in [5.74, 6) is -0.356. The third-order valence-electron chi connectivity index (χ3n) is 4.86. The van der Waals surface area contributed by atoms with Gasteiger partial charge in [-0.15, -0.1) is 0 Å². The molecule has 0 aromatic carbocycles. The van der Waals surface area contributed by atoms with Gasteiger partial charge in [0, 0.05) is 17.7 Å². The van der Waals surface area contributed by atoms with E-state index in [2.05, 4.69) is 15.3 Å². The fourth-order valence-electron chi connectivity index (χ4n) is 3.59. The maximum Gasteiger partial charge on any atom is 0.411 e. The summed E-state index contributed by atoms with van der Waals surface area (Å²) in [5, 5.41) is 33.6. The van der Waals surface area contributed by atoms with Crippen LogP contribution in [0.25, 0.3) is 0 Å². The fraction of sp³-hybridized carbons (Fsp3) is 0.647. The van der Waals surface area contributed by atoms with Gasteiger partial charge in [0.2, 0.25) is 0 Å². The highest BCUT2D eigenvalue weighted by atomic mass is 16.6. The van der Waals surface area contributed by atoms with E-state index in [1.807, 2.05) is 0 Å². The second-order valence-electron chi connectivity index (χ2n) is 7.76. The molecule has 0 spiro atoms. The van der Waals surface area contributed by atoms with Crippen LogP contribution in [-0.2, 0) is 4.74 Å². The summed E-state index contributed by atoms with van der Waals surface area (Å²) >= 11 is 0. The molecule has 1 fully saturated rings. The molecule has 9 nitrogen and oxygen atoms in total. The van der Waals surface area contributed by atoms with E-state index in [0.29, 0.717) is 16.9 Å². The summed E-state index contributed by atoms with van der Waals surface area (Å²) in [6, 6.07) is -1.32. The number of carbonyl (C=O) groups excluding carboxylic acids is 1. The first-order valence-electron chi connectivity index (χ1n) is 8.63. The summed E-state index contributed by atoms with van der Waals surface area (Å²) in [4.78, 5) is 21.0. The van der Waals surface area contributed by atoms with E-state index in [1.54, 1.807) is 33.9 Å². The van der Waals surface area contributed by atoms with Gasteiger partial charge in [-0.05, 0) is 20.8 Å². The largest absolute Gasteiger partial charge is 0.444 e. The van der Waals surface area contributed by atoms with Crippen molar-refractivity contribution in [1.29, 1.82) is 0 Å². The lowest BCUT2D eigenvalue weighted by Gasteiger charge is -2.33. The fourth-order valence-corrected chi connectivity index (χ4v) is 3.59. The maximum absolute atomic E-state index is 12.8. The number of hydrogen-bond donors (Lipinski definition) is 5. The zero-order valence-electron chi connectivity index (χ0n) is 15.3. The van der Waals surface area contributed by atoms with Crippen LogP contribution in [0.15, 0.2) is 11.2 Å². The molecule has 9 heteroatoms. The number of aromatic nitrogens is 1. The molecule has 1 saturated heterocycles. The number of aliphatic hydroxyl groups excluding tert-OH is 3. The monoisotopic (exact) mass is 366 g/mol. The summed E-state index contributed by atoms with van der Waals surface area (Å²) in [7, 11) is 0. The van der Waals surface area contributed by atoms with Crippen LogP contribution in [0, 0.1) is 5.92 Å². The van der Waals surface area contributed by atoms with Crippen molar-refractivity contribution in [3.8, 4) is 0 Å². The Balaban J connectivity index is 2.02. The first kappa shape index (κ1) is 18.7. The molecule has 0 saturated carbocycles. The highest BCUT2D eigenvalue weighted by molar-refractivity contribution is 5.82. The molecule has 26 heavy (non-hydrogen) atoms. The minimum atomic E-state index is -1.04. The Kier molecular flexibility index (Phi) is 4.72. The van der Waals surface area contributed by atoms with Gasteiger partial charge in [-0.3, -0.25) is 4.90 Å². The van der Waals surface area contributed by atoms with Crippen molar-refractivity contribution in [3.05, 3.63) is 17.5 Å². The zero-order chi connectivity index (χ0) is 19.2. The normalized spacial score (nSPS) is 30.9. The second kappa shape index (κ2) is 6.57. The van der Waals surface area contributed by atoms with Crippen molar-refractivity contribution in [1.82, 2.24) is 9.88 Å². The van der Waals surface area contributed by atoms with E-state index >= 15 is 0 Å². The molecule has 5 unspecified atom stereocenters. The predicted molar refractivity (Wildman–Crippen MR) is 94.7 cm³/mol. The van der Waals surface area contributed by atoms with Gasteiger partial charge >= 0.3 is 6.09 Å². The van der Waals surface area contributed by atoms with E-state index in [9.17, 15) is 20.1 Å². The van der Waals surface area contributed by atoms with Crippen LogP contribution in [0.1, 0.15) is 51.2 Å². The molecule has 3 rings (SSSR count). The Labute approximate surface area is 151 Å². The molecule has 2 aliphatic rings. The van der Waals surface area contributed by atoms with Crippen LogP contribution in [0.2, 0.25) is 0 Å². The Morgan fingerprint density at radius 1 is 1.38 bits per heavy atom. The third-order valence-corrected chi connectivity index (χ3v) is 4.86. The van der Waals surface area contributed by atoms with Crippen LogP contribution in [0.4, 0.5) is 10.5 Å². The van der Waals surface area contributed by atoms with Gasteiger partial charge in [-0.25, -0.2) is 9.79 Å². The standard InChI is InChI=1S/C17H26N4O5/c1-8-10(6-22)21(16(25)26-17(2,3)4)13(14(8)23)9-5-18-12-11(9)19-7-20-15(12)24/h5,7-8,10,13-15,18,22-24H,6H2,1-4H3,(H,19,20). The average molecular weight is 366 g/mol. The highest BCUT2D eigenvalue weighted by Crippen LogP contribution is 2.45. The van der Waals surface area contributed by atoms with Crippen molar-refractivity contribution in [2.75, 3.05) is 11.9 Å². The van der Waals surface area contributed by atoms with Crippen molar-refractivity contribution >= 4 is 18.1 Å². The Bertz CT molecular complexity index is 710. The zero-order valence-corrected chi connectivity index (χ0v) is 15.3. The van der Waals surface area contributed by atoms with Gasteiger partial charge in [-0.1, -0.05) is 6.92 Å². The summed E-state index contributed by atoms with van der Waals surface area (Å²) in [6.07, 6.45) is 0.450. The number of amides is 1. The van der Waals surface area contributed by atoms with Crippen LogP contribution in [0.5, 0.6) is 0 Å². The van der Waals surface area contributed by atoms with Gasteiger partial charge in [0.1, 0.15) is 5.60 Å². The Hall–Kier alpha value is -2.10. The number of aromatic amines is 1. The van der Waals surface area contributed by atoms with Crippen molar-refractivity contribution < 1.29 is 24.9 Å². The minimum absolute atomic E-state index is 0.294. The van der Waals surface area contributed by atoms with Crippen LogP contribution in [-0.4, -0.2) is 62.0 Å². The molecular weight excluding hydrogens is 340 g/mol. The number of likely N-dealkylation sites (tertiary alicyclic amines) is 1. The van der Waals surface area contributed by atoms with Gasteiger partial charge in [0.25, 0.3) is 0 Å². The Morgan fingerprint density at radius 3 is 2.69 bits per heavy atom. The molecular formula is C17H26N4O5. The van der Waals surface area contributed by atoms with Crippen LogP contribution < -0.4 is 5.32 Å². The number of aliphatic imine (C=N–C) groups is 1. The minimum Gasteiger partial charge on any atom is -0.444 e. The number of nitrogens with zero attached hydrogens (tertiary/aromatic N) is 2. The molecule has 1 amide bonds. The molecule has 0 aliphatic carbocycles. The molecule has 5 N–H and O–H groups in total. The third kappa shape index (κ3) is 3.06. The molecule has 2 aliphatic heterocycles. The van der Waals surface area contributed by atoms with Gasteiger partial charge in [0.05, 0.1) is 42.5 Å². The number of H-pyrrole nitrogens is 1. The number of carbonyl (C=O) groups is 1. The van der Waals surface area contributed by atoms with Gasteiger partial charge in [0.15, 0.2) is 6.23 Å². The molecule has 3 heterocycles. The Morgan fingerprint density at radius 2 is 2.08 bits per heavy atom. The number of fused-ring (bicyclic) bond motifs is 1. The van der Waals surface area contributed by atoms with Crippen LogP contribution in [0.3, 0.4) is 0 Å². The lowest BCUT2D eigenvalue weighted by Crippen LogP contribution is -2.44. The number of anilines is 1. The van der Waals surface area contributed by atoms with Gasteiger partial charge < -0.3 is 30.4 Å². The summed E-state index contributed by atoms with van der Waals surface area (Å²) in [6.45, 7) is 6.77. The number of ether oxygens (including phenoxy) is 1. The molecule has 5 atom stereocenters. The number of rotatable bonds is 2. The number of hydrogen-bond acceptors (Lipinski definition) is 7. The van der Waals surface area contributed by atoms with Crippen molar-refractivity contribution in [3.63, 3.8) is 0 Å². The number of nitrogens with one attached hydrogen (secondary N) is 2. The lowest BCUT2D eigenvalue weighted by atomic mass is 9.95. The quantitative estimate of drug-likeness (QED) is 0.533. The van der Waals surface area contributed by atoms with Crippen molar-refractivity contribution in [2.24, 2.45) is 10.9 Å². The van der Waals surface area contributed by atoms with E-state index < -0.39 is 36.1 Å². The van der Waals surface area contributed by atoms with E-state index in [1.165, 1.54) is 11.2 Å². The summed E-state index contributed by atoms with van der Waals surface area (Å²) in [5.41, 5.74) is 0.915. The second-order valence-corrected chi connectivity index (χ2v) is 7.76. The van der Waals surface area contributed by atoms with Crippen LogP contribution >= 0.6 is 0 Å². The molecule has 0 radical (unpaired) electrons. The van der Waals surface area contributed by atoms with E-state index in [0.717, 1.165) is 0 Å². The number of aliphatic hydroxyl groups is 3. The van der Waals surface area contributed by atoms with Gasteiger partial charge in [-0.2, -0.15) is 0 Å². The predicted octanol–water partition coefficient (Wildman–Crippen LogP) is 1.11. The SMILES string of the molecule is CC1C(O)C(c2c[nH]c3c2NC=NC3O)N(C(=O)OC(C)(C)C)C1CO. The molecule has 0 bridgehead atoms. The van der Waals surface area contributed by atoms with E-state index in [4.69, 9.17) is 4.74 Å². The average Bonchev–Trinajstić information content (AvgIpc) is 3.07. The first-order chi connectivity index (χ1) is 12.2. The van der Waals surface area contributed by atoms with E-state index in [-0.39, 0.29) is 12.5 Å². The molecule has 1 aromatic heterocycles. The smallest absolute Gasteiger partial charge is 0.411 e. The summed E-state index contributed by atoms with van der Waals surface area (Å²) < 4.78 is 5.50. The highest BCUT2D eigenvalue weighted by Gasteiger charge is 2.51. The molecule has 144 valence electrons. The lowest BCUT2D eigenvalue weighted by molar-refractivity contribution is 0.00329. The van der Waals surface area contributed by atoms with Crippen molar-refractivity contribution in [2.45, 2.75) is 57.7 Å². The topological polar surface area (TPSA) is 130 Å². The molecule has 1 aromatic rings.